The summed E-state index contributed by atoms with van der Waals surface area (Å²) in [7, 11) is 0. The summed E-state index contributed by atoms with van der Waals surface area (Å²) in [5.41, 5.74) is 6.54. The number of hydrogen-bond acceptors (Lipinski definition) is 2. The van der Waals surface area contributed by atoms with E-state index in [2.05, 4.69) is 0 Å². The molecule has 0 aliphatic heterocycles. The Hall–Kier alpha value is -2.47. The molecule has 1 aromatic heterocycles. The maximum atomic E-state index is 13.1. The highest BCUT2D eigenvalue weighted by Crippen LogP contribution is 2.40. The summed E-state index contributed by atoms with van der Waals surface area (Å²) in [6, 6.07) is 11.0. The minimum atomic E-state index is -4.49. The lowest BCUT2D eigenvalue weighted by Gasteiger charge is -2.15. The van der Waals surface area contributed by atoms with Crippen molar-refractivity contribution in [3.8, 4) is 11.1 Å². The van der Waals surface area contributed by atoms with Crippen LogP contribution in [0, 0.1) is 0 Å². The molecule has 0 saturated heterocycles. The molecule has 3 rings (SSSR count). The van der Waals surface area contributed by atoms with Crippen molar-refractivity contribution in [2.24, 2.45) is 0 Å². The van der Waals surface area contributed by atoms with E-state index in [1.165, 1.54) is 6.07 Å². The van der Waals surface area contributed by atoms with Crippen molar-refractivity contribution in [2.45, 2.75) is 19.1 Å². The van der Waals surface area contributed by atoms with Gasteiger partial charge in [0.2, 0.25) is 0 Å². The summed E-state index contributed by atoms with van der Waals surface area (Å²) in [5.74, 6) is 0. The van der Waals surface area contributed by atoms with Crippen molar-refractivity contribution in [1.29, 1.82) is 0 Å². The van der Waals surface area contributed by atoms with E-state index < -0.39 is 11.7 Å². The molecule has 2 aromatic carbocycles. The van der Waals surface area contributed by atoms with E-state index in [0.29, 0.717) is 11.1 Å². The Morgan fingerprint density at radius 1 is 1.08 bits per heavy atom. The monoisotopic (exact) mass is 334 g/mol. The normalized spacial score (nSPS) is 13.4. The first-order valence-corrected chi connectivity index (χ1v) is 7.51. The molecule has 0 amide bonds. The van der Waals surface area contributed by atoms with Gasteiger partial charge in [0, 0.05) is 22.7 Å². The molecule has 0 unspecified atom stereocenters. The topological polar surface area (TPSA) is 51.2 Å². The Labute approximate surface area is 137 Å². The van der Waals surface area contributed by atoms with Crippen LogP contribution in [0.15, 0.2) is 48.7 Å². The Kier molecular flexibility index (Phi) is 4.01. The van der Waals surface area contributed by atoms with Crippen LogP contribution < -0.4 is 5.73 Å². The second-order valence-corrected chi connectivity index (χ2v) is 5.76. The Morgan fingerprint density at radius 3 is 2.42 bits per heavy atom. The van der Waals surface area contributed by atoms with Gasteiger partial charge in [-0.25, -0.2) is 0 Å². The smallest absolute Gasteiger partial charge is 0.398 e. The second-order valence-electron chi connectivity index (χ2n) is 5.76. The molecule has 0 bridgehead atoms. The first-order valence-electron chi connectivity index (χ1n) is 7.51. The van der Waals surface area contributed by atoms with Gasteiger partial charge in [0.15, 0.2) is 0 Å². The van der Waals surface area contributed by atoms with Gasteiger partial charge in [0.25, 0.3) is 0 Å². The quantitative estimate of drug-likeness (QED) is 0.695. The van der Waals surface area contributed by atoms with Gasteiger partial charge in [-0.05, 0) is 30.7 Å². The van der Waals surface area contributed by atoms with E-state index in [9.17, 15) is 18.3 Å². The van der Waals surface area contributed by atoms with Crippen LogP contribution in [0.3, 0.4) is 0 Å². The molecule has 0 aliphatic rings. The summed E-state index contributed by atoms with van der Waals surface area (Å²) >= 11 is 0. The van der Waals surface area contributed by atoms with Crippen LogP contribution in [-0.4, -0.2) is 16.3 Å². The third kappa shape index (κ3) is 2.63. The highest BCUT2D eigenvalue weighted by molar-refractivity contribution is 5.98. The van der Waals surface area contributed by atoms with Crippen molar-refractivity contribution >= 4 is 16.6 Å². The number of para-hydroxylation sites is 1. The van der Waals surface area contributed by atoms with E-state index in [4.69, 9.17) is 5.73 Å². The maximum Gasteiger partial charge on any atom is 0.418 e. The molecule has 6 heteroatoms. The van der Waals surface area contributed by atoms with E-state index in [0.717, 1.165) is 17.0 Å². The number of hydrogen-bond donors (Lipinski definition) is 2. The molecule has 0 saturated carbocycles. The van der Waals surface area contributed by atoms with Gasteiger partial charge >= 0.3 is 6.18 Å². The van der Waals surface area contributed by atoms with E-state index >= 15 is 0 Å². The first-order chi connectivity index (χ1) is 11.3. The molecular weight excluding hydrogens is 317 g/mol. The molecule has 0 aliphatic carbocycles. The Morgan fingerprint density at radius 2 is 1.75 bits per heavy atom. The SMILES string of the molecule is C[C@H](CO)n1ccc2c(-c3cccc(C(F)(F)F)c3N)cccc21. The molecule has 0 spiro atoms. The standard InChI is InChI=1S/C18H17F3N2O/c1-11(10-24)23-9-8-13-12(4-3-7-16(13)23)14-5-2-6-15(17(14)22)18(19,20)21/h2-9,11,24H,10,22H2,1H3/t11-/m1/s1. The van der Waals surface area contributed by atoms with Gasteiger partial charge in [0.05, 0.1) is 23.9 Å². The number of aromatic nitrogens is 1. The number of aliphatic hydroxyl groups is 1. The highest BCUT2D eigenvalue weighted by Gasteiger charge is 2.33. The van der Waals surface area contributed by atoms with E-state index in [1.54, 1.807) is 18.2 Å². The number of aliphatic hydroxyl groups excluding tert-OH is 1. The third-order valence-corrected chi connectivity index (χ3v) is 4.20. The molecule has 0 radical (unpaired) electrons. The molecule has 3 nitrogen and oxygen atoms in total. The Balaban J connectivity index is 2.23. The lowest BCUT2D eigenvalue weighted by atomic mass is 9.97. The van der Waals surface area contributed by atoms with Crippen molar-refractivity contribution in [1.82, 2.24) is 4.57 Å². The van der Waals surface area contributed by atoms with Crippen LogP contribution in [0.1, 0.15) is 18.5 Å². The average molecular weight is 334 g/mol. The molecule has 24 heavy (non-hydrogen) atoms. The van der Waals surface area contributed by atoms with Crippen LogP contribution >= 0.6 is 0 Å². The van der Waals surface area contributed by atoms with Crippen molar-refractivity contribution in [3.05, 3.63) is 54.2 Å². The summed E-state index contributed by atoms with van der Waals surface area (Å²) in [6.45, 7) is 1.84. The molecule has 1 atom stereocenters. The van der Waals surface area contributed by atoms with E-state index in [-0.39, 0.29) is 18.3 Å². The zero-order chi connectivity index (χ0) is 17.5. The van der Waals surface area contributed by atoms with Gasteiger partial charge in [0.1, 0.15) is 0 Å². The number of anilines is 1. The summed E-state index contributed by atoms with van der Waals surface area (Å²) in [6.07, 6.45) is -2.68. The van der Waals surface area contributed by atoms with Crippen molar-refractivity contribution in [3.63, 3.8) is 0 Å². The van der Waals surface area contributed by atoms with Gasteiger partial charge in [-0.1, -0.05) is 24.3 Å². The number of fused-ring (bicyclic) bond motifs is 1. The molecule has 126 valence electrons. The highest BCUT2D eigenvalue weighted by atomic mass is 19.4. The molecule has 0 fully saturated rings. The van der Waals surface area contributed by atoms with Crippen LogP contribution in [0.4, 0.5) is 18.9 Å². The molecule has 3 N–H and O–H groups in total. The van der Waals surface area contributed by atoms with Crippen molar-refractivity contribution < 1.29 is 18.3 Å². The number of rotatable bonds is 3. The Bertz CT molecular complexity index is 884. The number of nitrogens with two attached hydrogens (primary N) is 1. The minimum Gasteiger partial charge on any atom is -0.398 e. The number of benzene rings is 2. The largest absolute Gasteiger partial charge is 0.418 e. The fourth-order valence-corrected chi connectivity index (χ4v) is 2.94. The molecular formula is C18H17F3N2O. The van der Waals surface area contributed by atoms with Crippen LogP contribution in [-0.2, 0) is 6.18 Å². The van der Waals surface area contributed by atoms with Crippen LogP contribution in [0.25, 0.3) is 22.0 Å². The van der Waals surface area contributed by atoms with Gasteiger partial charge < -0.3 is 15.4 Å². The summed E-state index contributed by atoms with van der Waals surface area (Å²) < 4.78 is 41.2. The molecule has 1 heterocycles. The second kappa shape index (κ2) is 5.87. The third-order valence-electron chi connectivity index (χ3n) is 4.20. The fraction of sp³-hybridized carbons (Fsp3) is 0.222. The fourth-order valence-electron chi connectivity index (χ4n) is 2.94. The van der Waals surface area contributed by atoms with Gasteiger partial charge in [-0.2, -0.15) is 13.2 Å². The minimum absolute atomic E-state index is 0.0281. The summed E-state index contributed by atoms with van der Waals surface area (Å²) in [5, 5.41) is 10.2. The number of halogens is 3. The maximum absolute atomic E-state index is 13.1. The van der Waals surface area contributed by atoms with E-state index in [1.807, 2.05) is 29.8 Å². The molecule has 3 aromatic rings. The summed E-state index contributed by atoms with van der Waals surface area (Å²) in [4.78, 5) is 0. The lowest BCUT2D eigenvalue weighted by molar-refractivity contribution is -0.136. The number of alkyl halides is 3. The predicted octanol–water partition coefficient (Wildman–Crippen LogP) is 4.46. The first kappa shape index (κ1) is 16.4. The average Bonchev–Trinajstić information content (AvgIpc) is 2.97. The zero-order valence-corrected chi connectivity index (χ0v) is 13.0. The van der Waals surface area contributed by atoms with Gasteiger partial charge in [-0.15, -0.1) is 0 Å². The van der Waals surface area contributed by atoms with Crippen LogP contribution in [0.5, 0.6) is 0 Å². The van der Waals surface area contributed by atoms with Crippen molar-refractivity contribution in [2.75, 3.05) is 12.3 Å². The van der Waals surface area contributed by atoms with Gasteiger partial charge in [-0.3, -0.25) is 0 Å². The number of nitrogens with zero attached hydrogens (tertiary/aromatic N) is 1. The predicted molar refractivity (Wildman–Crippen MR) is 88.6 cm³/mol. The number of nitrogen functional groups attached to an aromatic ring is 1. The lowest BCUT2D eigenvalue weighted by Crippen LogP contribution is -2.09. The van der Waals surface area contributed by atoms with Crippen LogP contribution in [0.2, 0.25) is 0 Å². The zero-order valence-electron chi connectivity index (χ0n) is 13.0.